The van der Waals surface area contributed by atoms with Crippen LogP contribution in [0.15, 0.2) is 68.6 Å². The number of rotatable bonds is 1. The third kappa shape index (κ3) is 1.85. The fourth-order valence-electron chi connectivity index (χ4n) is 2.02. The van der Waals surface area contributed by atoms with Crippen LogP contribution in [-0.4, -0.2) is 10.5 Å². The molecular weight excluding hydrogens is 258 g/mol. The molecular formula is C15H9NO4. The third-order valence-electron chi connectivity index (χ3n) is 2.95. The summed E-state index contributed by atoms with van der Waals surface area (Å²) in [6, 6.07) is 14.7. The summed E-state index contributed by atoms with van der Waals surface area (Å²) < 4.78 is 5.46. The average Bonchev–Trinajstić information content (AvgIpc) is 2.48. The van der Waals surface area contributed by atoms with Crippen LogP contribution < -0.4 is 11.4 Å². The van der Waals surface area contributed by atoms with Crippen molar-refractivity contribution in [3.63, 3.8) is 0 Å². The van der Waals surface area contributed by atoms with Crippen molar-refractivity contribution in [1.29, 1.82) is 0 Å². The molecule has 0 unspecified atom stereocenters. The summed E-state index contributed by atoms with van der Waals surface area (Å²) in [5.41, 5.74) is -0.168. The zero-order chi connectivity index (χ0) is 14.1. The van der Waals surface area contributed by atoms with Crippen LogP contribution in [0, 0.1) is 0 Å². The zero-order valence-corrected chi connectivity index (χ0v) is 10.3. The van der Waals surface area contributed by atoms with Crippen LogP contribution in [0.3, 0.4) is 0 Å². The van der Waals surface area contributed by atoms with Crippen molar-refractivity contribution < 1.29 is 9.21 Å². The summed E-state index contributed by atoms with van der Waals surface area (Å²) in [4.78, 5) is 35.9. The Bertz CT molecular complexity index is 906. The van der Waals surface area contributed by atoms with Crippen molar-refractivity contribution in [2.75, 3.05) is 0 Å². The van der Waals surface area contributed by atoms with E-state index in [2.05, 4.69) is 4.42 Å². The highest BCUT2D eigenvalue weighted by Crippen LogP contribution is 2.10. The Morgan fingerprint density at radius 3 is 2.30 bits per heavy atom. The van der Waals surface area contributed by atoms with Crippen molar-refractivity contribution in [1.82, 2.24) is 4.57 Å². The van der Waals surface area contributed by atoms with Gasteiger partial charge in [-0.15, -0.1) is 0 Å². The van der Waals surface area contributed by atoms with Crippen LogP contribution in [0.25, 0.3) is 10.9 Å². The molecule has 98 valence electrons. The Labute approximate surface area is 112 Å². The van der Waals surface area contributed by atoms with Crippen LogP contribution in [-0.2, 0) is 0 Å². The Balaban J connectivity index is 2.35. The van der Waals surface area contributed by atoms with E-state index in [0.717, 1.165) is 4.57 Å². The predicted molar refractivity (Wildman–Crippen MR) is 72.9 cm³/mol. The van der Waals surface area contributed by atoms with Gasteiger partial charge in [-0.2, -0.15) is 0 Å². The van der Waals surface area contributed by atoms with Crippen molar-refractivity contribution in [3.05, 3.63) is 81.1 Å². The van der Waals surface area contributed by atoms with Gasteiger partial charge in [0.2, 0.25) is 0 Å². The van der Waals surface area contributed by atoms with Crippen LogP contribution in [0.4, 0.5) is 0 Å². The van der Waals surface area contributed by atoms with Crippen molar-refractivity contribution >= 4 is 16.8 Å². The molecule has 0 atom stereocenters. The standard InChI is InChI=1S/C15H9NO4/c17-13(10-6-2-1-3-7-10)16-12-9-5-4-8-11(12)14(18)20-15(16)19/h1-9H. The van der Waals surface area contributed by atoms with Gasteiger partial charge in [-0.25, -0.2) is 14.2 Å². The van der Waals surface area contributed by atoms with E-state index in [0.29, 0.717) is 5.56 Å². The Morgan fingerprint density at radius 2 is 1.55 bits per heavy atom. The minimum atomic E-state index is -0.984. The van der Waals surface area contributed by atoms with E-state index < -0.39 is 17.3 Å². The van der Waals surface area contributed by atoms with E-state index in [1.54, 1.807) is 42.5 Å². The van der Waals surface area contributed by atoms with Gasteiger partial charge in [-0.3, -0.25) is 4.79 Å². The van der Waals surface area contributed by atoms with Gasteiger partial charge in [0, 0.05) is 5.56 Å². The number of hydrogen-bond acceptors (Lipinski definition) is 4. The summed E-state index contributed by atoms with van der Waals surface area (Å²) in [7, 11) is 0. The molecule has 5 nitrogen and oxygen atoms in total. The normalized spacial score (nSPS) is 10.6. The lowest BCUT2D eigenvalue weighted by atomic mass is 10.2. The molecule has 0 radical (unpaired) electrons. The molecule has 2 aromatic carbocycles. The lowest BCUT2D eigenvalue weighted by molar-refractivity contribution is 0.0951. The number of carbonyl (C=O) groups is 1. The molecule has 0 aliphatic heterocycles. The smallest absolute Gasteiger partial charge is 0.372 e. The number of para-hydroxylation sites is 1. The molecule has 0 bridgehead atoms. The maximum atomic E-state index is 12.4. The molecule has 1 aromatic heterocycles. The first kappa shape index (κ1) is 12.1. The largest absolute Gasteiger partial charge is 0.429 e. The number of nitrogens with zero attached hydrogens (tertiary/aromatic N) is 1. The first-order valence-corrected chi connectivity index (χ1v) is 5.93. The molecule has 0 aliphatic rings. The van der Waals surface area contributed by atoms with Crippen molar-refractivity contribution in [2.24, 2.45) is 0 Å². The maximum Gasteiger partial charge on any atom is 0.429 e. The SMILES string of the molecule is O=C(c1ccccc1)n1c(=O)oc(=O)c2ccccc21. The highest BCUT2D eigenvalue weighted by molar-refractivity contribution is 6.00. The number of benzene rings is 2. The van der Waals surface area contributed by atoms with E-state index >= 15 is 0 Å². The van der Waals surface area contributed by atoms with Gasteiger partial charge in [0.05, 0.1) is 10.9 Å². The summed E-state index contributed by atoms with van der Waals surface area (Å²) >= 11 is 0. The lowest BCUT2D eigenvalue weighted by Crippen LogP contribution is -2.30. The van der Waals surface area contributed by atoms with E-state index in [9.17, 15) is 14.4 Å². The van der Waals surface area contributed by atoms with E-state index in [1.807, 2.05) is 0 Å². The molecule has 1 heterocycles. The van der Waals surface area contributed by atoms with E-state index in [1.165, 1.54) is 12.1 Å². The van der Waals surface area contributed by atoms with Crippen molar-refractivity contribution in [3.8, 4) is 0 Å². The average molecular weight is 267 g/mol. The fraction of sp³-hybridized carbons (Fsp3) is 0. The van der Waals surface area contributed by atoms with Gasteiger partial charge in [-0.05, 0) is 24.3 Å². The molecule has 3 rings (SSSR count). The quantitative estimate of drug-likeness (QED) is 0.672. The molecule has 0 aliphatic carbocycles. The molecule has 0 N–H and O–H groups in total. The van der Waals surface area contributed by atoms with Gasteiger partial charge in [0.1, 0.15) is 0 Å². The van der Waals surface area contributed by atoms with Gasteiger partial charge in [-0.1, -0.05) is 30.3 Å². The van der Waals surface area contributed by atoms with E-state index in [-0.39, 0.29) is 10.9 Å². The molecule has 0 spiro atoms. The summed E-state index contributed by atoms with van der Waals surface area (Å²) in [6.07, 6.45) is 0. The van der Waals surface area contributed by atoms with Crippen LogP contribution in [0.2, 0.25) is 0 Å². The second-order valence-electron chi connectivity index (χ2n) is 4.18. The zero-order valence-electron chi connectivity index (χ0n) is 10.3. The number of carbonyl (C=O) groups excluding carboxylic acids is 1. The van der Waals surface area contributed by atoms with Crippen molar-refractivity contribution in [2.45, 2.75) is 0 Å². The Morgan fingerprint density at radius 1 is 0.900 bits per heavy atom. The Hall–Kier alpha value is -2.95. The maximum absolute atomic E-state index is 12.4. The second kappa shape index (κ2) is 4.62. The lowest BCUT2D eigenvalue weighted by Gasteiger charge is -2.06. The monoisotopic (exact) mass is 267 g/mol. The van der Waals surface area contributed by atoms with Gasteiger partial charge in [0.25, 0.3) is 5.91 Å². The van der Waals surface area contributed by atoms with E-state index in [4.69, 9.17) is 0 Å². The first-order chi connectivity index (χ1) is 9.68. The third-order valence-corrected chi connectivity index (χ3v) is 2.95. The second-order valence-corrected chi connectivity index (χ2v) is 4.18. The highest BCUT2D eigenvalue weighted by Gasteiger charge is 2.16. The van der Waals surface area contributed by atoms with Crippen LogP contribution >= 0.6 is 0 Å². The molecule has 0 saturated carbocycles. The molecule has 20 heavy (non-hydrogen) atoms. The minimum absolute atomic E-state index is 0.191. The molecule has 0 fully saturated rings. The van der Waals surface area contributed by atoms with Crippen LogP contribution in [0.5, 0.6) is 0 Å². The predicted octanol–water partition coefficient (Wildman–Crippen LogP) is 1.64. The molecule has 0 amide bonds. The highest BCUT2D eigenvalue weighted by atomic mass is 16.4. The number of hydrogen-bond donors (Lipinski definition) is 0. The fourth-order valence-corrected chi connectivity index (χ4v) is 2.02. The molecule has 3 aromatic rings. The molecule has 0 saturated heterocycles. The Kier molecular flexibility index (Phi) is 2.80. The molecule has 5 heteroatoms. The summed E-state index contributed by atoms with van der Waals surface area (Å²) in [5, 5.41) is 0.191. The summed E-state index contributed by atoms with van der Waals surface area (Å²) in [5.74, 6) is -1.52. The number of fused-ring (bicyclic) bond motifs is 1. The van der Waals surface area contributed by atoms with Gasteiger partial charge < -0.3 is 4.42 Å². The first-order valence-electron chi connectivity index (χ1n) is 5.93. The summed E-state index contributed by atoms with van der Waals surface area (Å²) in [6.45, 7) is 0. The van der Waals surface area contributed by atoms with Gasteiger partial charge >= 0.3 is 11.4 Å². The van der Waals surface area contributed by atoms with Gasteiger partial charge in [0.15, 0.2) is 0 Å². The topological polar surface area (TPSA) is 69.3 Å². The number of aromatic nitrogens is 1. The van der Waals surface area contributed by atoms with Crippen LogP contribution in [0.1, 0.15) is 10.4 Å². The minimum Gasteiger partial charge on any atom is -0.372 e.